The Morgan fingerprint density at radius 3 is 2.38 bits per heavy atom. The minimum Gasteiger partial charge on any atom is -0.394 e. The van der Waals surface area contributed by atoms with E-state index in [1.165, 1.54) is 4.68 Å². The SMILES string of the molecule is Cc1nn(CCO)c(C)c1S(=O)(=O)NCC(C)(C)C(C)C. The van der Waals surface area contributed by atoms with Crippen molar-refractivity contribution in [3.8, 4) is 0 Å². The second-order valence-corrected chi connectivity index (χ2v) is 8.12. The Hall–Kier alpha value is -0.920. The zero-order valence-corrected chi connectivity index (χ0v) is 14.6. The second kappa shape index (κ2) is 6.46. The molecule has 0 saturated heterocycles. The lowest BCUT2D eigenvalue weighted by Gasteiger charge is -2.29. The van der Waals surface area contributed by atoms with E-state index in [4.69, 9.17) is 5.11 Å². The fourth-order valence-electron chi connectivity index (χ4n) is 1.94. The van der Waals surface area contributed by atoms with Gasteiger partial charge >= 0.3 is 0 Å². The summed E-state index contributed by atoms with van der Waals surface area (Å²) in [6.45, 7) is 12.2. The molecule has 0 aromatic carbocycles. The van der Waals surface area contributed by atoms with Crippen LogP contribution in [-0.2, 0) is 16.6 Å². The minimum atomic E-state index is -3.60. The molecule has 1 rings (SSSR count). The number of hydrogen-bond acceptors (Lipinski definition) is 4. The summed E-state index contributed by atoms with van der Waals surface area (Å²) in [6, 6.07) is 0. The molecule has 0 saturated carbocycles. The summed E-state index contributed by atoms with van der Waals surface area (Å²) in [5.74, 6) is 0.361. The fourth-order valence-corrected chi connectivity index (χ4v) is 3.57. The normalized spacial score (nSPS) is 13.1. The summed E-state index contributed by atoms with van der Waals surface area (Å²) in [5, 5.41) is 13.2. The Morgan fingerprint density at radius 1 is 1.33 bits per heavy atom. The quantitative estimate of drug-likeness (QED) is 0.797. The summed E-state index contributed by atoms with van der Waals surface area (Å²) < 4.78 is 29.3. The van der Waals surface area contributed by atoms with E-state index in [2.05, 4.69) is 23.7 Å². The molecule has 0 spiro atoms. The largest absolute Gasteiger partial charge is 0.394 e. The maximum atomic E-state index is 12.5. The molecule has 7 heteroatoms. The van der Waals surface area contributed by atoms with Crippen LogP contribution in [-0.4, -0.2) is 36.5 Å². The van der Waals surface area contributed by atoms with Gasteiger partial charge in [0.2, 0.25) is 10.0 Å². The lowest BCUT2D eigenvalue weighted by molar-refractivity contribution is 0.252. The third-order valence-electron chi connectivity index (χ3n) is 4.18. The number of nitrogens with zero attached hydrogens (tertiary/aromatic N) is 2. The molecule has 0 atom stereocenters. The number of aryl methyl sites for hydroxylation is 1. The molecule has 0 aliphatic rings. The van der Waals surface area contributed by atoms with Gasteiger partial charge in [0, 0.05) is 6.54 Å². The Morgan fingerprint density at radius 2 is 1.90 bits per heavy atom. The summed E-state index contributed by atoms with van der Waals surface area (Å²) in [5.41, 5.74) is 0.878. The molecule has 0 aliphatic carbocycles. The van der Waals surface area contributed by atoms with E-state index in [1.54, 1.807) is 13.8 Å². The van der Waals surface area contributed by atoms with Crippen LogP contribution in [0.2, 0.25) is 0 Å². The Kier molecular flexibility index (Phi) is 5.57. The van der Waals surface area contributed by atoms with Gasteiger partial charge in [-0.3, -0.25) is 4.68 Å². The first-order valence-corrected chi connectivity index (χ1v) is 8.65. The fraction of sp³-hybridized carbons (Fsp3) is 0.786. The van der Waals surface area contributed by atoms with Gasteiger partial charge in [0.15, 0.2) is 0 Å². The third-order valence-corrected chi connectivity index (χ3v) is 5.83. The van der Waals surface area contributed by atoms with Gasteiger partial charge in [-0.05, 0) is 25.2 Å². The Labute approximate surface area is 127 Å². The molecule has 1 aromatic heterocycles. The zero-order valence-electron chi connectivity index (χ0n) is 13.8. The Balaban J connectivity index is 3.04. The average Bonchev–Trinajstić information content (AvgIpc) is 2.63. The van der Waals surface area contributed by atoms with Crippen LogP contribution in [0.25, 0.3) is 0 Å². The Bertz CT molecular complexity index is 589. The number of aliphatic hydroxyl groups excluding tert-OH is 1. The predicted molar refractivity (Wildman–Crippen MR) is 82.6 cm³/mol. The van der Waals surface area contributed by atoms with Gasteiger partial charge in [0.05, 0.1) is 24.5 Å². The molecule has 122 valence electrons. The third kappa shape index (κ3) is 4.05. The summed E-state index contributed by atoms with van der Waals surface area (Å²) >= 11 is 0. The van der Waals surface area contributed by atoms with Crippen molar-refractivity contribution < 1.29 is 13.5 Å². The van der Waals surface area contributed by atoms with E-state index < -0.39 is 10.0 Å². The maximum Gasteiger partial charge on any atom is 0.244 e. The van der Waals surface area contributed by atoms with Crippen molar-refractivity contribution >= 4 is 10.0 Å². The monoisotopic (exact) mass is 317 g/mol. The number of sulfonamides is 1. The molecule has 0 unspecified atom stereocenters. The van der Waals surface area contributed by atoms with Crippen molar-refractivity contribution in [1.82, 2.24) is 14.5 Å². The van der Waals surface area contributed by atoms with Crippen LogP contribution in [0.1, 0.15) is 39.1 Å². The second-order valence-electron chi connectivity index (χ2n) is 6.41. The summed E-state index contributed by atoms with van der Waals surface area (Å²) in [6.07, 6.45) is 0. The first kappa shape index (κ1) is 18.1. The molecule has 0 radical (unpaired) electrons. The molecule has 0 amide bonds. The van der Waals surface area contributed by atoms with Crippen molar-refractivity contribution in [3.05, 3.63) is 11.4 Å². The standard InChI is InChI=1S/C14H27N3O3S/c1-10(2)14(5,6)9-15-21(19,20)13-11(3)16-17(7-8-18)12(13)4/h10,15,18H,7-9H2,1-6H3. The molecule has 6 nitrogen and oxygen atoms in total. The highest BCUT2D eigenvalue weighted by Gasteiger charge is 2.28. The van der Waals surface area contributed by atoms with Crippen LogP contribution in [0.5, 0.6) is 0 Å². The van der Waals surface area contributed by atoms with Crippen molar-refractivity contribution in [2.24, 2.45) is 11.3 Å². The van der Waals surface area contributed by atoms with Gasteiger partial charge in [-0.25, -0.2) is 13.1 Å². The van der Waals surface area contributed by atoms with Crippen LogP contribution >= 0.6 is 0 Å². The number of hydrogen-bond donors (Lipinski definition) is 2. The molecule has 0 aliphatic heterocycles. The van der Waals surface area contributed by atoms with Crippen LogP contribution in [0.3, 0.4) is 0 Å². The van der Waals surface area contributed by atoms with Crippen molar-refractivity contribution in [2.75, 3.05) is 13.2 Å². The molecular weight excluding hydrogens is 290 g/mol. The van der Waals surface area contributed by atoms with E-state index in [0.29, 0.717) is 30.4 Å². The highest BCUT2D eigenvalue weighted by Crippen LogP contribution is 2.26. The lowest BCUT2D eigenvalue weighted by atomic mass is 9.81. The van der Waals surface area contributed by atoms with Gasteiger partial charge in [-0.15, -0.1) is 0 Å². The molecule has 21 heavy (non-hydrogen) atoms. The number of nitrogens with one attached hydrogen (secondary N) is 1. The van der Waals surface area contributed by atoms with Crippen LogP contribution in [0.15, 0.2) is 4.90 Å². The molecule has 0 bridgehead atoms. The van der Waals surface area contributed by atoms with Gasteiger partial charge in [-0.2, -0.15) is 5.10 Å². The van der Waals surface area contributed by atoms with Crippen molar-refractivity contribution in [3.63, 3.8) is 0 Å². The molecule has 0 fully saturated rings. The molecule has 2 N–H and O–H groups in total. The van der Waals surface area contributed by atoms with Crippen molar-refractivity contribution in [1.29, 1.82) is 0 Å². The topological polar surface area (TPSA) is 84.2 Å². The molecule has 1 heterocycles. The number of rotatable bonds is 7. The lowest BCUT2D eigenvalue weighted by Crippen LogP contribution is -2.37. The number of aromatic nitrogens is 2. The first-order chi connectivity index (χ1) is 9.53. The van der Waals surface area contributed by atoms with E-state index in [1.807, 2.05) is 13.8 Å². The van der Waals surface area contributed by atoms with E-state index in [9.17, 15) is 8.42 Å². The highest BCUT2D eigenvalue weighted by molar-refractivity contribution is 7.89. The van der Waals surface area contributed by atoms with Crippen molar-refractivity contribution in [2.45, 2.75) is 53.0 Å². The zero-order chi connectivity index (χ0) is 16.4. The van der Waals surface area contributed by atoms with E-state index >= 15 is 0 Å². The smallest absolute Gasteiger partial charge is 0.244 e. The first-order valence-electron chi connectivity index (χ1n) is 7.17. The predicted octanol–water partition coefficient (Wildman–Crippen LogP) is 1.45. The van der Waals surface area contributed by atoms with Crippen LogP contribution in [0.4, 0.5) is 0 Å². The van der Waals surface area contributed by atoms with Gasteiger partial charge in [-0.1, -0.05) is 27.7 Å². The van der Waals surface area contributed by atoms with Gasteiger partial charge in [0.25, 0.3) is 0 Å². The molecular formula is C14H27N3O3S. The van der Waals surface area contributed by atoms with E-state index in [-0.39, 0.29) is 16.9 Å². The van der Waals surface area contributed by atoms with Gasteiger partial charge < -0.3 is 5.11 Å². The van der Waals surface area contributed by atoms with Gasteiger partial charge in [0.1, 0.15) is 4.90 Å². The average molecular weight is 317 g/mol. The maximum absolute atomic E-state index is 12.5. The summed E-state index contributed by atoms with van der Waals surface area (Å²) in [7, 11) is -3.60. The highest BCUT2D eigenvalue weighted by atomic mass is 32.2. The minimum absolute atomic E-state index is 0.0742. The van der Waals surface area contributed by atoms with E-state index in [0.717, 1.165) is 0 Å². The van der Waals surface area contributed by atoms with Crippen LogP contribution < -0.4 is 4.72 Å². The summed E-state index contributed by atoms with van der Waals surface area (Å²) in [4.78, 5) is 0.218. The number of aliphatic hydroxyl groups is 1. The van der Waals surface area contributed by atoms with Crippen LogP contribution in [0, 0.1) is 25.2 Å². The molecule has 1 aromatic rings.